The Bertz CT molecular complexity index is 1390. The highest BCUT2D eigenvalue weighted by Gasteiger charge is 2.33. The molecule has 1 aromatic heterocycles. The molecule has 10 nitrogen and oxygen atoms in total. The molecule has 5 heterocycles. The molecular weight excluding hydrogens is 619 g/mol. The number of piperidine rings is 2. The number of unbranched alkanes of at least 4 members (excludes halogenated alkanes) is 1. The van der Waals surface area contributed by atoms with Crippen LogP contribution >= 0.6 is 11.3 Å². The van der Waals surface area contributed by atoms with Crippen molar-refractivity contribution < 1.29 is 23.6 Å². The van der Waals surface area contributed by atoms with Crippen molar-refractivity contribution in [1.29, 1.82) is 0 Å². The molecule has 4 aliphatic heterocycles. The number of hydrogen-bond acceptors (Lipinski definition) is 7. The Morgan fingerprint density at radius 1 is 1.00 bits per heavy atom. The molecule has 1 aromatic carbocycles. The number of aromatic nitrogens is 1. The first-order chi connectivity index (χ1) is 22.6. The number of benzene rings is 1. The fourth-order valence-electron chi connectivity index (χ4n) is 7.15. The van der Waals surface area contributed by atoms with Gasteiger partial charge in [-0.2, -0.15) is 0 Å². The summed E-state index contributed by atoms with van der Waals surface area (Å²) in [5, 5.41) is 10.1. The fourth-order valence-corrected chi connectivity index (χ4v) is 8.25. The number of nitrogens with zero attached hydrogens (tertiary/aromatic N) is 3. The summed E-state index contributed by atoms with van der Waals surface area (Å²) in [4.78, 5) is 62.4. The summed E-state index contributed by atoms with van der Waals surface area (Å²) in [5.74, 6) is 0.249. The van der Waals surface area contributed by atoms with Gasteiger partial charge in [0.25, 0.3) is 5.91 Å². The second-order valence-corrected chi connectivity index (χ2v) is 14.8. The van der Waals surface area contributed by atoms with Crippen molar-refractivity contribution >= 4 is 35.0 Å². The molecule has 4 bridgehead atoms. The van der Waals surface area contributed by atoms with Gasteiger partial charge in [0.05, 0.1) is 17.1 Å². The minimum Gasteiger partial charge on any atom is -0.356 e. The van der Waals surface area contributed by atoms with Crippen LogP contribution in [0.5, 0.6) is 0 Å². The van der Waals surface area contributed by atoms with E-state index in [-0.39, 0.29) is 42.5 Å². The molecule has 2 aromatic rings. The van der Waals surface area contributed by atoms with E-state index in [4.69, 9.17) is 4.98 Å². The zero-order valence-corrected chi connectivity index (χ0v) is 28.5. The van der Waals surface area contributed by atoms with Gasteiger partial charge < -0.3 is 25.8 Å². The SMILES string of the molecule is Cc1sc2nc1CC(=O)N[C@@H](CCCCNC(=O)c1ccc(F)cc1)CC(=O)NCC[C@H]1CN(C)CC[C@H]1CC(=O)N1CCC2CC1. The number of carbonyl (C=O) groups is 4. The molecule has 0 aliphatic carbocycles. The number of carbonyl (C=O) groups excluding carboxylic acids is 4. The molecule has 256 valence electrons. The lowest BCUT2D eigenvalue weighted by Crippen LogP contribution is -2.44. The van der Waals surface area contributed by atoms with Gasteiger partial charge in [-0.1, -0.05) is 0 Å². The standard InChI is InChI=1S/C35H49FN6O4S/c1-23-30-21-32(44)39-29(5-3-4-14-38-34(46)24-6-8-28(36)9-7-24)20-31(43)37-15-10-27-22-41(2)16-11-26(27)19-33(45)42-17-12-25(13-18-42)35(40-30)47-23/h6-9,25-27,29H,3-5,10-22H2,1-2H3,(H,37,43)(H,38,46)(H,39,44)/t26-,27-,29-/m0/s1. The van der Waals surface area contributed by atoms with Crippen LogP contribution in [0.15, 0.2) is 24.3 Å². The zero-order valence-electron chi connectivity index (χ0n) is 27.7. The van der Waals surface area contributed by atoms with Crippen molar-refractivity contribution in [2.75, 3.05) is 46.3 Å². The second-order valence-electron chi connectivity index (χ2n) is 13.5. The van der Waals surface area contributed by atoms with E-state index in [2.05, 4.69) is 27.9 Å². The number of likely N-dealkylation sites (tertiary alicyclic amines) is 1. The maximum Gasteiger partial charge on any atom is 0.251 e. The topological polar surface area (TPSA) is 124 Å². The quantitative estimate of drug-likeness (QED) is 0.403. The Kier molecular flexibility index (Phi) is 12.4. The van der Waals surface area contributed by atoms with Crippen LogP contribution in [0.25, 0.3) is 0 Å². The van der Waals surface area contributed by atoms with Crippen LogP contribution in [0.4, 0.5) is 4.39 Å². The number of thiazole rings is 1. The number of fused-ring (bicyclic) bond motifs is 11. The van der Waals surface area contributed by atoms with Crippen molar-refractivity contribution in [1.82, 2.24) is 30.7 Å². The third-order valence-electron chi connectivity index (χ3n) is 9.97. The number of amides is 4. The van der Waals surface area contributed by atoms with Crippen LogP contribution in [0.2, 0.25) is 0 Å². The van der Waals surface area contributed by atoms with E-state index in [1.165, 1.54) is 24.3 Å². The highest BCUT2D eigenvalue weighted by molar-refractivity contribution is 7.11. The average Bonchev–Trinajstić information content (AvgIpc) is 3.41. The van der Waals surface area contributed by atoms with E-state index in [9.17, 15) is 23.6 Å². The number of halogens is 1. The lowest BCUT2D eigenvalue weighted by molar-refractivity contribution is -0.134. The number of aryl methyl sites for hydroxylation is 1. The van der Waals surface area contributed by atoms with Gasteiger partial charge in [0, 0.05) is 68.0 Å². The fraction of sp³-hybridized carbons (Fsp3) is 0.629. The van der Waals surface area contributed by atoms with Gasteiger partial charge in [-0.15, -0.1) is 11.3 Å². The molecule has 3 atom stereocenters. The molecular formula is C35H49FN6O4S. The van der Waals surface area contributed by atoms with Gasteiger partial charge in [-0.3, -0.25) is 19.2 Å². The normalized spacial score (nSPS) is 25.1. The molecule has 4 aliphatic rings. The van der Waals surface area contributed by atoms with Crippen LogP contribution in [-0.2, 0) is 20.8 Å². The van der Waals surface area contributed by atoms with Crippen LogP contribution in [-0.4, -0.2) is 90.8 Å². The first kappa shape index (κ1) is 34.9. The van der Waals surface area contributed by atoms with Crippen molar-refractivity contribution in [3.05, 3.63) is 51.2 Å². The van der Waals surface area contributed by atoms with Crippen molar-refractivity contribution in [3.63, 3.8) is 0 Å². The summed E-state index contributed by atoms with van der Waals surface area (Å²) in [7, 11) is 2.12. The summed E-state index contributed by atoms with van der Waals surface area (Å²) in [6, 6.07) is 5.06. The Morgan fingerprint density at radius 2 is 1.77 bits per heavy atom. The molecule has 4 amide bonds. The van der Waals surface area contributed by atoms with Crippen LogP contribution in [0, 0.1) is 24.6 Å². The van der Waals surface area contributed by atoms with Crippen LogP contribution in [0.1, 0.15) is 89.6 Å². The zero-order chi connectivity index (χ0) is 33.3. The lowest BCUT2D eigenvalue weighted by atomic mass is 9.80. The third kappa shape index (κ3) is 10.1. The van der Waals surface area contributed by atoms with Gasteiger partial charge in [0.2, 0.25) is 17.7 Å². The van der Waals surface area contributed by atoms with E-state index >= 15 is 0 Å². The minimum absolute atomic E-state index is 0.110. The van der Waals surface area contributed by atoms with E-state index in [1.807, 2.05) is 11.8 Å². The number of rotatable bonds is 6. The largest absolute Gasteiger partial charge is 0.356 e. The van der Waals surface area contributed by atoms with E-state index < -0.39 is 5.82 Å². The highest BCUT2D eigenvalue weighted by Crippen LogP contribution is 2.34. The first-order valence-corrected chi connectivity index (χ1v) is 18.0. The Hall–Kier alpha value is -3.38. The molecule has 3 N–H and O–H groups in total. The van der Waals surface area contributed by atoms with Crippen LogP contribution in [0.3, 0.4) is 0 Å². The molecule has 12 heteroatoms. The minimum atomic E-state index is -0.392. The Balaban J connectivity index is 1.22. The van der Waals surface area contributed by atoms with E-state index in [0.717, 1.165) is 67.4 Å². The number of nitrogens with one attached hydrogen (secondary N) is 3. The summed E-state index contributed by atoms with van der Waals surface area (Å²) < 4.78 is 13.2. The van der Waals surface area contributed by atoms with Gasteiger partial charge in [-0.25, -0.2) is 9.37 Å². The van der Waals surface area contributed by atoms with Crippen molar-refractivity contribution in [2.45, 2.75) is 83.1 Å². The van der Waals surface area contributed by atoms with Gasteiger partial charge in [0.1, 0.15) is 5.82 Å². The Labute approximate surface area is 281 Å². The van der Waals surface area contributed by atoms with Gasteiger partial charge in [0.15, 0.2) is 0 Å². The molecule has 6 rings (SSSR count). The van der Waals surface area contributed by atoms with Crippen molar-refractivity contribution in [2.24, 2.45) is 11.8 Å². The van der Waals surface area contributed by atoms with E-state index in [1.54, 1.807) is 11.3 Å². The smallest absolute Gasteiger partial charge is 0.251 e. The Morgan fingerprint density at radius 3 is 2.53 bits per heavy atom. The summed E-state index contributed by atoms with van der Waals surface area (Å²) in [6.07, 6.45) is 6.41. The van der Waals surface area contributed by atoms with Crippen molar-refractivity contribution in [3.8, 4) is 0 Å². The maximum absolute atomic E-state index is 13.4. The average molecular weight is 669 g/mol. The first-order valence-electron chi connectivity index (χ1n) is 17.2. The number of hydrogen-bond donors (Lipinski definition) is 3. The molecule has 2 saturated heterocycles. The molecule has 2 fully saturated rings. The van der Waals surface area contributed by atoms with E-state index in [0.29, 0.717) is 62.1 Å². The highest BCUT2D eigenvalue weighted by atomic mass is 32.1. The van der Waals surface area contributed by atoms with Gasteiger partial charge in [-0.05, 0) is 102 Å². The monoisotopic (exact) mass is 668 g/mol. The molecule has 47 heavy (non-hydrogen) atoms. The predicted octanol–water partition coefficient (Wildman–Crippen LogP) is 3.79. The lowest BCUT2D eigenvalue weighted by Gasteiger charge is -2.38. The summed E-state index contributed by atoms with van der Waals surface area (Å²) >= 11 is 1.65. The predicted molar refractivity (Wildman–Crippen MR) is 180 cm³/mol. The molecule has 0 unspecified atom stereocenters. The maximum atomic E-state index is 13.4. The molecule has 0 saturated carbocycles. The second kappa shape index (κ2) is 16.6. The summed E-state index contributed by atoms with van der Waals surface area (Å²) in [6.45, 7) is 6.34. The summed E-state index contributed by atoms with van der Waals surface area (Å²) in [5.41, 5.74) is 1.17. The van der Waals surface area contributed by atoms with Crippen LogP contribution < -0.4 is 16.0 Å². The third-order valence-corrected chi connectivity index (χ3v) is 11.1. The molecule has 0 spiro atoms. The van der Waals surface area contributed by atoms with Gasteiger partial charge >= 0.3 is 0 Å². The molecule has 0 radical (unpaired) electrons.